The van der Waals surface area contributed by atoms with Crippen molar-refractivity contribution in [2.75, 3.05) is 12.4 Å². The van der Waals surface area contributed by atoms with Crippen molar-refractivity contribution in [3.63, 3.8) is 0 Å². The Morgan fingerprint density at radius 1 is 1.14 bits per heavy atom. The molecule has 5 nitrogen and oxygen atoms in total. The first-order valence-corrected chi connectivity index (χ1v) is 9.15. The molecule has 0 aliphatic carbocycles. The summed E-state index contributed by atoms with van der Waals surface area (Å²) in [5, 5.41) is 4.71. The van der Waals surface area contributed by atoms with Crippen LogP contribution in [0.3, 0.4) is 0 Å². The van der Waals surface area contributed by atoms with E-state index in [1.54, 1.807) is 24.4 Å². The van der Waals surface area contributed by atoms with Gasteiger partial charge in [-0.25, -0.2) is 9.78 Å². The van der Waals surface area contributed by atoms with Crippen molar-refractivity contribution in [1.82, 2.24) is 9.55 Å². The van der Waals surface area contributed by atoms with Crippen LogP contribution in [-0.4, -0.2) is 22.6 Å². The van der Waals surface area contributed by atoms with Gasteiger partial charge in [-0.3, -0.25) is 0 Å². The highest BCUT2D eigenvalue weighted by molar-refractivity contribution is 6.31. The van der Waals surface area contributed by atoms with E-state index in [4.69, 9.17) is 16.3 Å². The molecule has 140 valence electrons. The monoisotopic (exact) mass is 391 g/mol. The van der Waals surface area contributed by atoms with Crippen LogP contribution >= 0.6 is 11.6 Å². The minimum absolute atomic E-state index is 0.372. The third-order valence-corrected chi connectivity index (χ3v) is 4.70. The quantitative estimate of drug-likeness (QED) is 0.471. The number of anilines is 2. The Kier molecular flexibility index (Phi) is 5.00. The summed E-state index contributed by atoms with van der Waals surface area (Å²) in [6, 6.07) is 19.3. The second-order valence-electron chi connectivity index (χ2n) is 6.37. The predicted molar refractivity (Wildman–Crippen MR) is 111 cm³/mol. The van der Waals surface area contributed by atoms with E-state index in [0.717, 1.165) is 23.3 Å². The summed E-state index contributed by atoms with van der Waals surface area (Å²) in [5.41, 5.74) is 3.88. The van der Waals surface area contributed by atoms with Crippen LogP contribution in [0.1, 0.15) is 15.9 Å². The molecule has 4 rings (SSSR count). The number of nitrogens with one attached hydrogen (secondary N) is 1. The highest BCUT2D eigenvalue weighted by Gasteiger charge is 2.13. The number of carbonyl (C=O) groups is 1. The smallest absolute Gasteiger partial charge is 0.340 e. The Hall–Kier alpha value is -3.31. The standard InChI is InChI=1S/C22H18ClN3O2/c1-28-22(27)19-12-17(23)7-8-20(19)25-18-11-16-9-10-26(21(16)24-13-18)14-15-5-3-2-4-6-15/h2-13,25H,14H2,1H3. The van der Waals surface area contributed by atoms with Crippen molar-refractivity contribution in [2.24, 2.45) is 0 Å². The number of rotatable bonds is 5. The normalized spacial score (nSPS) is 10.8. The molecule has 28 heavy (non-hydrogen) atoms. The molecule has 0 radical (unpaired) electrons. The summed E-state index contributed by atoms with van der Waals surface area (Å²) >= 11 is 6.02. The van der Waals surface area contributed by atoms with Gasteiger partial charge in [0.25, 0.3) is 0 Å². The molecule has 0 aliphatic heterocycles. The van der Waals surface area contributed by atoms with Crippen LogP contribution in [0.25, 0.3) is 11.0 Å². The average molecular weight is 392 g/mol. The molecule has 0 atom stereocenters. The topological polar surface area (TPSA) is 56.1 Å². The van der Waals surface area contributed by atoms with Gasteiger partial charge in [-0.2, -0.15) is 0 Å². The third-order valence-electron chi connectivity index (χ3n) is 4.46. The Morgan fingerprint density at radius 2 is 1.96 bits per heavy atom. The van der Waals surface area contributed by atoms with Gasteiger partial charge >= 0.3 is 5.97 Å². The molecule has 0 aliphatic rings. The summed E-state index contributed by atoms with van der Waals surface area (Å²) in [7, 11) is 1.34. The highest BCUT2D eigenvalue weighted by atomic mass is 35.5. The fourth-order valence-electron chi connectivity index (χ4n) is 3.11. The van der Waals surface area contributed by atoms with Gasteiger partial charge in [0.15, 0.2) is 0 Å². The number of methoxy groups -OCH3 is 1. The first-order chi connectivity index (χ1) is 13.6. The first-order valence-electron chi connectivity index (χ1n) is 8.78. The maximum atomic E-state index is 12.0. The van der Waals surface area contributed by atoms with Gasteiger partial charge < -0.3 is 14.6 Å². The molecule has 0 amide bonds. The summed E-state index contributed by atoms with van der Waals surface area (Å²) in [6.45, 7) is 0.758. The van der Waals surface area contributed by atoms with Gasteiger partial charge in [-0.15, -0.1) is 0 Å². The average Bonchev–Trinajstić information content (AvgIpc) is 3.11. The number of hydrogen-bond acceptors (Lipinski definition) is 4. The zero-order chi connectivity index (χ0) is 19.5. The lowest BCUT2D eigenvalue weighted by atomic mass is 10.1. The zero-order valence-electron chi connectivity index (χ0n) is 15.2. The molecule has 0 saturated heterocycles. The van der Waals surface area contributed by atoms with Crippen molar-refractivity contribution in [2.45, 2.75) is 6.54 Å². The molecule has 0 saturated carbocycles. The van der Waals surface area contributed by atoms with Crippen molar-refractivity contribution in [3.05, 3.63) is 89.2 Å². The van der Waals surface area contributed by atoms with Gasteiger partial charge in [-0.05, 0) is 35.9 Å². The number of carbonyl (C=O) groups excluding carboxylic acids is 1. The van der Waals surface area contributed by atoms with Crippen molar-refractivity contribution < 1.29 is 9.53 Å². The van der Waals surface area contributed by atoms with Gasteiger partial charge in [0, 0.05) is 23.2 Å². The molecule has 0 bridgehead atoms. The fraction of sp³-hybridized carbons (Fsp3) is 0.0909. The lowest BCUT2D eigenvalue weighted by Gasteiger charge is -2.11. The number of nitrogens with zero attached hydrogens (tertiary/aromatic N) is 2. The number of benzene rings is 2. The maximum absolute atomic E-state index is 12.0. The van der Waals surface area contributed by atoms with Crippen LogP contribution in [0.5, 0.6) is 0 Å². The summed E-state index contributed by atoms with van der Waals surface area (Å²) in [6.07, 6.45) is 3.77. The Balaban J connectivity index is 1.62. The summed E-state index contributed by atoms with van der Waals surface area (Å²) in [5.74, 6) is -0.451. The maximum Gasteiger partial charge on any atom is 0.340 e. The number of pyridine rings is 1. The third kappa shape index (κ3) is 3.70. The van der Waals surface area contributed by atoms with Crippen LogP contribution in [-0.2, 0) is 11.3 Å². The van der Waals surface area contributed by atoms with Crippen molar-refractivity contribution in [1.29, 1.82) is 0 Å². The van der Waals surface area contributed by atoms with Gasteiger partial charge in [0.2, 0.25) is 0 Å². The number of fused-ring (bicyclic) bond motifs is 1. The lowest BCUT2D eigenvalue weighted by Crippen LogP contribution is -2.06. The Morgan fingerprint density at radius 3 is 2.75 bits per heavy atom. The van der Waals surface area contributed by atoms with Crippen LogP contribution in [0.15, 0.2) is 73.1 Å². The summed E-state index contributed by atoms with van der Waals surface area (Å²) in [4.78, 5) is 16.6. The molecular formula is C22H18ClN3O2. The minimum atomic E-state index is -0.451. The number of ether oxygens (including phenoxy) is 1. The SMILES string of the molecule is COC(=O)c1cc(Cl)ccc1Nc1cnc2c(ccn2Cc2ccccc2)c1. The number of esters is 1. The lowest BCUT2D eigenvalue weighted by molar-refractivity contribution is 0.0602. The Labute approximate surface area is 167 Å². The van der Waals surface area contributed by atoms with Gasteiger partial charge in [0.05, 0.1) is 30.2 Å². The Bertz CT molecular complexity index is 1140. The minimum Gasteiger partial charge on any atom is -0.465 e. The second kappa shape index (κ2) is 7.74. The van der Waals surface area contributed by atoms with Crippen LogP contribution in [0.2, 0.25) is 5.02 Å². The molecule has 1 N–H and O–H groups in total. The molecule has 2 heterocycles. The molecular weight excluding hydrogens is 374 g/mol. The van der Waals surface area contributed by atoms with E-state index < -0.39 is 5.97 Å². The van der Waals surface area contributed by atoms with E-state index in [2.05, 4.69) is 27.0 Å². The summed E-state index contributed by atoms with van der Waals surface area (Å²) < 4.78 is 6.95. The van der Waals surface area contributed by atoms with E-state index in [1.807, 2.05) is 36.5 Å². The van der Waals surface area contributed by atoms with Crippen molar-refractivity contribution >= 4 is 40.0 Å². The fourth-order valence-corrected chi connectivity index (χ4v) is 3.29. The van der Waals surface area contributed by atoms with E-state index >= 15 is 0 Å². The molecule has 6 heteroatoms. The largest absolute Gasteiger partial charge is 0.465 e. The number of aromatic nitrogens is 2. The van der Waals surface area contributed by atoms with Gasteiger partial charge in [0.1, 0.15) is 5.65 Å². The van der Waals surface area contributed by atoms with E-state index in [1.165, 1.54) is 12.7 Å². The molecule has 0 fully saturated rings. The second-order valence-corrected chi connectivity index (χ2v) is 6.81. The van der Waals surface area contributed by atoms with E-state index in [0.29, 0.717) is 16.3 Å². The molecule has 4 aromatic rings. The molecule has 2 aromatic heterocycles. The predicted octanol–water partition coefficient (Wildman–Crippen LogP) is 5.27. The molecule has 2 aromatic carbocycles. The van der Waals surface area contributed by atoms with Crippen LogP contribution in [0, 0.1) is 0 Å². The number of hydrogen-bond donors (Lipinski definition) is 1. The van der Waals surface area contributed by atoms with Gasteiger partial charge in [-0.1, -0.05) is 41.9 Å². The highest BCUT2D eigenvalue weighted by Crippen LogP contribution is 2.26. The zero-order valence-corrected chi connectivity index (χ0v) is 16.0. The van der Waals surface area contributed by atoms with Crippen molar-refractivity contribution in [3.8, 4) is 0 Å². The number of halogens is 1. The molecule has 0 unspecified atom stereocenters. The molecule has 0 spiro atoms. The van der Waals surface area contributed by atoms with Crippen LogP contribution in [0.4, 0.5) is 11.4 Å². The van der Waals surface area contributed by atoms with E-state index in [-0.39, 0.29) is 0 Å². The first kappa shape index (κ1) is 18.1. The van der Waals surface area contributed by atoms with Crippen LogP contribution < -0.4 is 5.32 Å². The van der Waals surface area contributed by atoms with E-state index in [9.17, 15) is 4.79 Å².